The molecule has 0 aliphatic heterocycles. The summed E-state index contributed by atoms with van der Waals surface area (Å²) in [7, 11) is -8.48. The van der Waals surface area contributed by atoms with Crippen LogP contribution >= 0.6 is 0 Å². The minimum Gasteiger partial charge on any atom is -0.282 e. The van der Waals surface area contributed by atoms with Gasteiger partial charge in [-0.25, -0.2) is 0 Å². The molecule has 6 nitrogen and oxygen atoms in total. The Labute approximate surface area is 173 Å². The summed E-state index contributed by atoms with van der Waals surface area (Å²) in [6.45, 7) is 0. The fourth-order valence-corrected chi connectivity index (χ4v) is 2.60. The molecular weight excluding hydrogens is 350 g/mol. The minimum absolute atomic E-state index is 0. The van der Waals surface area contributed by atoms with Crippen LogP contribution < -0.4 is 0 Å². The molecule has 10 heteroatoms. The maximum Gasteiger partial charge on any atom is 0.294 e. The van der Waals surface area contributed by atoms with Gasteiger partial charge in [0.05, 0.1) is 9.79 Å². The second-order valence-electron chi connectivity index (χ2n) is 4.00. The number of hydrogen-bond acceptors (Lipinski definition) is 4. The second kappa shape index (κ2) is 8.39. The number of benzene rings is 2. The number of rotatable bonds is 3. The Morgan fingerprint density at radius 3 is 0.955 bits per heavy atom. The van der Waals surface area contributed by atoms with Crippen LogP contribution in [0, 0.1) is 0 Å². The van der Waals surface area contributed by atoms with Gasteiger partial charge in [0.1, 0.15) is 0 Å². The van der Waals surface area contributed by atoms with E-state index in [0.29, 0.717) is 11.1 Å². The van der Waals surface area contributed by atoms with Crippen molar-refractivity contribution in [2.24, 2.45) is 0 Å². The van der Waals surface area contributed by atoms with E-state index in [2.05, 4.69) is 0 Å². The molecule has 0 aromatic heterocycles. The zero-order valence-corrected chi connectivity index (χ0v) is 17.6. The van der Waals surface area contributed by atoms with Crippen LogP contribution in [0.2, 0.25) is 0 Å². The molecule has 0 amide bonds. The summed E-state index contributed by atoms with van der Waals surface area (Å²) in [5, 5.41) is 0. The molecule has 2 aromatic rings. The zero-order valence-electron chi connectivity index (χ0n) is 12.0. The maximum absolute atomic E-state index is 10.9. The molecule has 0 aliphatic rings. The molecule has 2 N–H and O–H groups in total. The van der Waals surface area contributed by atoms with Crippen LogP contribution in [0.5, 0.6) is 0 Å². The molecule has 108 valence electrons. The standard InChI is InChI=1S/C12H10O6S2.2Na/c13-19(14,15)11-5-1-9(2-6-11)10-3-7-12(8-4-10)20(16,17)18;;/h1-8H,(H,13,14,15)(H,16,17,18);;. The van der Waals surface area contributed by atoms with Crippen LogP contribution in [-0.4, -0.2) is 85.1 Å². The van der Waals surface area contributed by atoms with Crippen molar-refractivity contribution in [2.45, 2.75) is 9.79 Å². The van der Waals surface area contributed by atoms with E-state index in [1.165, 1.54) is 48.5 Å². The van der Waals surface area contributed by atoms with E-state index >= 15 is 0 Å². The van der Waals surface area contributed by atoms with E-state index in [0.717, 1.165) is 0 Å². The van der Waals surface area contributed by atoms with Gasteiger partial charge in [-0.1, -0.05) is 24.3 Å². The Balaban J connectivity index is 0.00000220. The van der Waals surface area contributed by atoms with Gasteiger partial charge >= 0.3 is 0 Å². The van der Waals surface area contributed by atoms with E-state index < -0.39 is 20.2 Å². The Morgan fingerprint density at radius 1 is 0.545 bits per heavy atom. The smallest absolute Gasteiger partial charge is 0.282 e. The summed E-state index contributed by atoms with van der Waals surface area (Å²) >= 11 is 0. The maximum atomic E-state index is 10.9. The van der Waals surface area contributed by atoms with Crippen LogP contribution in [0.4, 0.5) is 0 Å². The first-order valence-corrected chi connectivity index (χ1v) is 8.21. The molecule has 0 spiro atoms. The van der Waals surface area contributed by atoms with Gasteiger partial charge in [0, 0.05) is 59.1 Å². The Kier molecular flexibility index (Phi) is 8.48. The third-order valence-corrected chi connectivity index (χ3v) is 4.37. The molecule has 2 aromatic carbocycles. The summed E-state index contributed by atoms with van der Waals surface area (Å²) < 4.78 is 61.3. The first-order valence-electron chi connectivity index (χ1n) is 5.33. The predicted octanol–water partition coefficient (Wildman–Crippen LogP) is 1.09. The molecule has 0 heterocycles. The van der Waals surface area contributed by atoms with Crippen molar-refractivity contribution in [3.8, 4) is 11.1 Å². The summed E-state index contributed by atoms with van der Waals surface area (Å²) in [6, 6.07) is 10.9. The van der Waals surface area contributed by atoms with E-state index in [9.17, 15) is 16.8 Å². The van der Waals surface area contributed by atoms with Crippen molar-refractivity contribution in [3.05, 3.63) is 48.5 Å². The fraction of sp³-hybridized carbons (Fsp3) is 0. The predicted molar refractivity (Wildman–Crippen MR) is 83.0 cm³/mol. The second-order valence-corrected chi connectivity index (χ2v) is 6.84. The minimum atomic E-state index is -4.24. The normalized spacial score (nSPS) is 11.2. The molecule has 0 unspecified atom stereocenters. The van der Waals surface area contributed by atoms with E-state index in [4.69, 9.17) is 9.11 Å². The Bertz CT molecular complexity index is 755. The first-order chi connectivity index (χ1) is 9.18. The molecule has 0 bridgehead atoms. The molecule has 0 fully saturated rings. The van der Waals surface area contributed by atoms with E-state index in [1.807, 2.05) is 0 Å². The topological polar surface area (TPSA) is 109 Å². The van der Waals surface area contributed by atoms with Crippen molar-refractivity contribution in [3.63, 3.8) is 0 Å². The number of hydrogen-bond donors (Lipinski definition) is 2. The van der Waals surface area contributed by atoms with Crippen molar-refractivity contribution < 1.29 is 25.9 Å². The van der Waals surface area contributed by atoms with Crippen molar-refractivity contribution in [1.82, 2.24) is 0 Å². The van der Waals surface area contributed by atoms with Crippen LogP contribution in [0.3, 0.4) is 0 Å². The van der Waals surface area contributed by atoms with Crippen LogP contribution in [0.25, 0.3) is 11.1 Å². The molecule has 0 saturated heterocycles. The van der Waals surface area contributed by atoms with Gasteiger partial charge in [-0.3, -0.25) is 9.11 Å². The summed E-state index contributed by atoms with van der Waals surface area (Å²) in [5.41, 5.74) is 1.28. The van der Waals surface area contributed by atoms with Gasteiger partial charge in [0.25, 0.3) is 20.2 Å². The van der Waals surface area contributed by atoms with Crippen molar-refractivity contribution >= 4 is 79.4 Å². The molecule has 0 saturated carbocycles. The molecule has 0 atom stereocenters. The average Bonchev–Trinajstić information content (AvgIpc) is 2.37. The van der Waals surface area contributed by atoms with Gasteiger partial charge in [0.15, 0.2) is 0 Å². The Morgan fingerprint density at radius 2 is 0.773 bits per heavy atom. The largest absolute Gasteiger partial charge is 0.294 e. The molecular formula is C12H10Na2O6S2. The molecule has 22 heavy (non-hydrogen) atoms. The third kappa shape index (κ3) is 5.72. The van der Waals surface area contributed by atoms with Crippen LogP contribution in [0.15, 0.2) is 58.3 Å². The fourth-order valence-electron chi connectivity index (χ4n) is 1.64. The van der Waals surface area contributed by atoms with E-state index in [1.54, 1.807) is 0 Å². The molecule has 2 rings (SSSR count). The van der Waals surface area contributed by atoms with Gasteiger partial charge in [-0.05, 0) is 35.4 Å². The van der Waals surface area contributed by atoms with Crippen LogP contribution in [-0.2, 0) is 20.2 Å². The molecule has 0 aliphatic carbocycles. The Hall–Kier alpha value is 0.260. The summed E-state index contributed by atoms with van der Waals surface area (Å²) in [4.78, 5) is -0.452. The van der Waals surface area contributed by atoms with Gasteiger partial charge < -0.3 is 0 Å². The van der Waals surface area contributed by atoms with Gasteiger partial charge in [0.2, 0.25) is 0 Å². The zero-order chi connectivity index (χ0) is 15.0. The van der Waals surface area contributed by atoms with Gasteiger partial charge in [-0.15, -0.1) is 0 Å². The average molecular weight is 360 g/mol. The quantitative estimate of drug-likeness (QED) is 0.626. The van der Waals surface area contributed by atoms with Crippen molar-refractivity contribution in [1.29, 1.82) is 0 Å². The van der Waals surface area contributed by atoms with Gasteiger partial charge in [-0.2, -0.15) is 16.8 Å². The molecule has 2 radical (unpaired) electrons. The van der Waals surface area contributed by atoms with Crippen LogP contribution in [0.1, 0.15) is 0 Å². The third-order valence-electron chi connectivity index (χ3n) is 2.64. The van der Waals surface area contributed by atoms with Crippen molar-refractivity contribution in [2.75, 3.05) is 0 Å². The summed E-state index contributed by atoms with van der Waals surface area (Å²) in [6.07, 6.45) is 0. The monoisotopic (exact) mass is 360 g/mol. The summed E-state index contributed by atoms with van der Waals surface area (Å²) in [5.74, 6) is 0. The first kappa shape index (κ1) is 22.3. The van der Waals surface area contributed by atoms with E-state index in [-0.39, 0.29) is 68.9 Å². The SMILES string of the molecule is O=S(=O)(O)c1ccc(-c2ccc(S(=O)(=O)O)cc2)cc1.[Na].[Na].